The lowest BCUT2D eigenvalue weighted by Gasteiger charge is -2.58. The van der Waals surface area contributed by atoms with E-state index in [1.54, 1.807) is 0 Å². The second-order valence-corrected chi connectivity index (χ2v) is 18.1. The summed E-state index contributed by atoms with van der Waals surface area (Å²) in [5.41, 5.74) is 3.08. The molecule has 0 nitrogen and oxygen atoms in total. The molecule has 0 aromatic carbocycles. The molecule has 0 saturated heterocycles. The van der Waals surface area contributed by atoms with Gasteiger partial charge in [-0.2, -0.15) is 0 Å². The highest BCUT2D eigenvalue weighted by molar-refractivity contribution is 5.25. The molecule has 4 aliphatic carbocycles. The Kier molecular flexibility index (Phi) is 15.6. The van der Waals surface area contributed by atoms with E-state index in [2.05, 4.69) is 59.8 Å². The van der Waals surface area contributed by atoms with Crippen molar-refractivity contribution in [2.45, 2.75) is 208 Å². The molecule has 8 atom stereocenters. The SMILES string of the molecule is CCCCCCCC/C=C\CCCCCCCCC1CC[C@@]2(C)C(=CCC3C2CC[C@@]2(C)C3CC[C@@H]2[C@H](C)CCCC(C)C)C1. The fourth-order valence-electron chi connectivity index (χ4n) is 11.7. The largest absolute Gasteiger partial charge is 0.0885 e. The normalized spacial score (nSPS) is 33.7. The molecule has 0 aromatic rings. The van der Waals surface area contributed by atoms with Gasteiger partial charge in [0.1, 0.15) is 0 Å². The summed E-state index contributed by atoms with van der Waals surface area (Å²) in [7, 11) is 0. The summed E-state index contributed by atoms with van der Waals surface area (Å²) in [5.74, 6) is 6.73. The van der Waals surface area contributed by atoms with Gasteiger partial charge < -0.3 is 0 Å². The first-order valence-corrected chi connectivity index (χ1v) is 21.1. The Balaban J connectivity index is 1.11. The zero-order chi connectivity index (χ0) is 32.1. The van der Waals surface area contributed by atoms with Crippen LogP contribution in [0, 0.1) is 52.3 Å². The minimum atomic E-state index is 0.533. The molecule has 260 valence electrons. The number of allylic oxidation sites excluding steroid dienone is 4. The molecule has 0 aliphatic heterocycles. The van der Waals surface area contributed by atoms with Crippen molar-refractivity contribution in [3.05, 3.63) is 23.8 Å². The summed E-state index contributed by atoms with van der Waals surface area (Å²) >= 11 is 0. The minimum Gasteiger partial charge on any atom is -0.0885 e. The van der Waals surface area contributed by atoms with E-state index < -0.39 is 0 Å². The summed E-state index contributed by atoms with van der Waals surface area (Å²) in [6, 6.07) is 0. The Morgan fingerprint density at radius 2 is 1.38 bits per heavy atom. The zero-order valence-electron chi connectivity index (χ0n) is 31.7. The van der Waals surface area contributed by atoms with Crippen LogP contribution in [-0.4, -0.2) is 0 Å². The van der Waals surface area contributed by atoms with Crippen LogP contribution in [0.4, 0.5) is 0 Å². The van der Waals surface area contributed by atoms with E-state index >= 15 is 0 Å². The summed E-state index contributed by atoms with van der Waals surface area (Å²) in [6.45, 7) is 15.2. The maximum Gasteiger partial charge on any atom is -0.00851 e. The third kappa shape index (κ3) is 10.2. The van der Waals surface area contributed by atoms with Crippen LogP contribution in [0.15, 0.2) is 23.8 Å². The standard InChI is InChI=1S/C45H80/c1-7-8-9-10-11-12-13-14-15-16-17-18-19-20-21-22-26-38-31-33-44(5)39(35-38)27-28-40-42-30-29-41(37(4)25-23-24-36(2)3)45(42,6)34-32-43(40)44/h14-15,27,36-38,40-43H,7-13,16-26,28-35H2,1-6H3/b15-14-/t37-,38?,40?,41-,42?,43?,44+,45-/m1/s1. The Hall–Kier alpha value is -0.520. The summed E-state index contributed by atoms with van der Waals surface area (Å²) < 4.78 is 0. The highest BCUT2D eigenvalue weighted by Gasteiger charge is 2.59. The van der Waals surface area contributed by atoms with E-state index in [0.29, 0.717) is 10.8 Å². The average molecular weight is 621 g/mol. The van der Waals surface area contributed by atoms with Gasteiger partial charge in [-0.15, -0.1) is 0 Å². The fourth-order valence-corrected chi connectivity index (χ4v) is 11.7. The molecule has 4 rings (SSSR count). The van der Waals surface area contributed by atoms with Crippen LogP contribution in [0.1, 0.15) is 208 Å². The van der Waals surface area contributed by atoms with Gasteiger partial charge >= 0.3 is 0 Å². The fraction of sp³-hybridized carbons (Fsp3) is 0.911. The lowest BCUT2D eigenvalue weighted by Crippen LogP contribution is -2.50. The molecule has 0 heteroatoms. The van der Waals surface area contributed by atoms with Gasteiger partial charge in [-0.1, -0.05) is 155 Å². The number of fused-ring (bicyclic) bond motifs is 5. The van der Waals surface area contributed by atoms with Gasteiger partial charge in [-0.25, -0.2) is 0 Å². The highest BCUT2D eigenvalue weighted by atomic mass is 14.6. The molecular formula is C45H80. The van der Waals surface area contributed by atoms with Gasteiger partial charge in [0.2, 0.25) is 0 Å². The first-order chi connectivity index (χ1) is 21.8. The van der Waals surface area contributed by atoms with Crippen LogP contribution in [0.3, 0.4) is 0 Å². The van der Waals surface area contributed by atoms with E-state index in [1.165, 1.54) is 167 Å². The van der Waals surface area contributed by atoms with Crippen molar-refractivity contribution in [2.24, 2.45) is 52.3 Å². The number of unbranched alkanes of at least 4 members (excludes halogenated alkanes) is 12. The molecule has 4 aliphatic rings. The first kappa shape index (κ1) is 37.3. The maximum absolute atomic E-state index is 2.83. The summed E-state index contributed by atoms with van der Waals surface area (Å²) in [5, 5.41) is 0. The quantitative estimate of drug-likeness (QED) is 0.0884. The van der Waals surface area contributed by atoms with Gasteiger partial charge in [0.05, 0.1) is 0 Å². The maximum atomic E-state index is 2.83. The van der Waals surface area contributed by atoms with Crippen LogP contribution in [-0.2, 0) is 0 Å². The van der Waals surface area contributed by atoms with Crippen molar-refractivity contribution in [1.29, 1.82) is 0 Å². The van der Waals surface area contributed by atoms with Crippen molar-refractivity contribution in [3.63, 3.8) is 0 Å². The topological polar surface area (TPSA) is 0 Å². The Labute approximate surface area is 283 Å². The third-order valence-electron chi connectivity index (χ3n) is 14.5. The molecular weight excluding hydrogens is 540 g/mol. The second-order valence-electron chi connectivity index (χ2n) is 18.1. The molecule has 3 saturated carbocycles. The minimum absolute atomic E-state index is 0.533. The lowest BCUT2D eigenvalue weighted by atomic mass is 9.46. The molecule has 0 spiro atoms. The third-order valence-corrected chi connectivity index (χ3v) is 14.5. The van der Waals surface area contributed by atoms with Gasteiger partial charge in [-0.3, -0.25) is 0 Å². The van der Waals surface area contributed by atoms with E-state index in [4.69, 9.17) is 0 Å². The summed E-state index contributed by atoms with van der Waals surface area (Å²) in [6.07, 6.45) is 45.5. The molecule has 45 heavy (non-hydrogen) atoms. The van der Waals surface area contributed by atoms with Gasteiger partial charge in [0.25, 0.3) is 0 Å². The van der Waals surface area contributed by atoms with Crippen LogP contribution >= 0.6 is 0 Å². The Morgan fingerprint density at radius 1 is 0.711 bits per heavy atom. The van der Waals surface area contributed by atoms with Crippen LogP contribution < -0.4 is 0 Å². The van der Waals surface area contributed by atoms with Gasteiger partial charge in [0, 0.05) is 0 Å². The van der Waals surface area contributed by atoms with Crippen LogP contribution in [0.2, 0.25) is 0 Å². The van der Waals surface area contributed by atoms with E-state index in [0.717, 1.165) is 41.4 Å². The van der Waals surface area contributed by atoms with Crippen molar-refractivity contribution in [2.75, 3.05) is 0 Å². The number of rotatable bonds is 21. The van der Waals surface area contributed by atoms with Crippen molar-refractivity contribution >= 4 is 0 Å². The van der Waals surface area contributed by atoms with Crippen LogP contribution in [0.25, 0.3) is 0 Å². The molecule has 0 radical (unpaired) electrons. The van der Waals surface area contributed by atoms with E-state index in [9.17, 15) is 0 Å². The van der Waals surface area contributed by atoms with Crippen molar-refractivity contribution < 1.29 is 0 Å². The first-order valence-electron chi connectivity index (χ1n) is 21.1. The average Bonchev–Trinajstić information content (AvgIpc) is 3.38. The highest BCUT2D eigenvalue weighted by Crippen LogP contribution is 2.67. The lowest BCUT2D eigenvalue weighted by molar-refractivity contribution is -0.0529. The Bertz CT molecular complexity index is 876. The molecule has 0 N–H and O–H groups in total. The van der Waals surface area contributed by atoms with Crippen LogP contribution in [0.5, 0.6) is 0 Å². The van der Waals surface area contributed by atoms with Crippen molar-refractivity contribution in [1.82, 2.24) is 0 Å². The molecule has 4 unspecified atom stereocenters. The molecule has 0 aromatic heterocycles. The van der Waals surface area contributed by atoms with E-state index in [-0.39, 0.29) is 0 Å². The molecule has 0 amide bonds. The monoisotopic (exact) mass is 621 g/mol. The Morgan fingerprint density at radius 3 is 2.07 bits per heavy atom. The molecule has 0 bridgehead atoms. The van der Waals surface area contributed by atoms with Crippen molar-refractivity contribution in [3.8, 4) is 0 Å². The van der Waals surface area contributed by atoms with E-state index in [1.807, 2.05) is 5.57 Å². The predicted octanol–water partition coefficient (Wildman–Crippen LogP) is 15.1. The van der Waals surface area contributed by atoms with Gasteiger partial charge in [-0.05, 0) is 129 Å². The zero-order valence-corrected chi connectivity index (χ0v) is 31.7. The van der Waals surface area contributed by atoms with Gasteiger partial charge in [0.15, 0.2) is 0 Å². The molecule has 0 heterocycles. The number of hydrogen-bond donors (Lipinski definition) is 0. The predicted molar refractivity (Wildman–Crippen MR) is 201 cm³/mol. The second kappa shape index (κ2) is 18.9. The molecule has 3 fully saturated rings. The smallest absolute Gasteiger partial charge is 0.00851 e. The number of hydrogen-bond acceptors (Lipinski definition) is 0. The summed E-state index contributed by atoms with van der Waals surface area (Å²) in [4.78, 5) is 0.